The van der Waals surface area contributed by atoms with Crippen LogP contribution < -0.4 is 11.1 Å². The van der Waals surface area contributed by atoms with Crippen molar-refractivity contribution in [1.82, 2.24) is 4.98 Å². The molecule has 0 atom stereocenters. The number of halogens is 3. The van der Waals surface area contributed by atoms with Gasteiger partial charge < -0.3 is 11.1 Å². The summed E-state index contributed by atoms with van der Waals surface area (Å²) in [5.41, 5.74) is 6.84. The molecule has 3 N–H and O–H groups in total. The number of rotatable bonds is 2. The molecule has 0 saturated heterocycles. The van der Waals surface area contributed by atoms with Gasteiger partial charge in [0.1, 0.15) is 5.15 Å². The van der Waals surface area contributed by atoms with Gasteiger partial charge in [-0.15, -0.1) is 0 Å². The first kappa shape index (κ1) is 14.4. The van der Waals surface area contributed by atoms with Crippen LogP contribution in [-0.2, 0) is 0 Å². The fourth-order valence-corrected chi connectivity index (χ4v) is 2.60. The molecule has 0 unspecified atom stereocenters. The van der Waals surface area contributed by atoms with Gasteiger partial charge in [-0.3, -0.25) is 4.79 Å². The number of amides is 1. The van der Waals surface area contributed by atoms with Crippen LogP contribution in [0, 0.1) is 3.57 Å². The Kier molecular flexibility index (Phi) is 4.49. The summed E-state index contributed by atoms with van der Waals surface area (Å²) in [5, 5.41) is 3.45. The van der Waals surface area contributed by atoms with E-state index in [9.17, 15) is 4.79 Å². The highest BCUT2D eigenvalue weighted by molar-refractivity contribution is 14.1. The summed E-state index contributed by atoms with van der Waals surface area (Å²) < 4.78 is 0.825. The van der Waals surface area contributed by atoms with Crippen LogP contribution in [0.25, 0.3) is 0 Å². The van der Waals surface area contributed by atoms with Gasteiger partial charge in [0.15, 0.2) is 0 Å². The minimum Gasteiger partial charge on any atom is -0.397 e. The van der Waals surface area contributed by atoms with E-state index >= 15 is 0 Å². The number of nitrogens with one attached hydrogen (secondary N) is 1. The number of anilines is 2. The van der Waals surface area contributed by atoms with E-state index in [-0.39, 0.29) is 16.6 Å². The predicted molar refractivity (Wildman–Crippen MR) is 85.8 cm³/mol. The van der Waals surface area contributed by atoms with Crippen LogP contribution >= 0.6 is 45.8 Å². The fraction of sp³-hybridized carbons (Fsp3) is 0. The maximum Gasteiger partial charge on any atom is 0.258 e. The minimum absolute atomic E-state index is 0.107. The van der Waals surface area contributed by atoms with E-state index in [0.717, 1.165) is 3.57 Å². The number of hydrogen-bond acceptors (Lipinski definition) is 3. The van der Waals surface area contributed by atoms with Crippen molar-refractivity contribution in [3.05, 3.63) is 49.8 Å². The molecule has 0 aliphatic rings. The molecule has 4 nitrogen and oxygen atoms in total. The second-order valence-electron chi connectivity index (χ2n) is 3.69. The Hall–Kier alpha value is -1.05. The van der Waals surface area contributed by atoms with E-state index in [4.69, 9.17) is 28.9 Å². The van der Waals surface area contributed by atoms with Gasteiger partial charge in [-0.1, -0.05) is 23.2 Å². The molecule has 0 saturated carbocycles. The molecular formula is C12H8Cl2IN3O. The van der Waals surface area contributed by atoms with Gasteiger partial charge in [0.2, 0.25) is 0 Å². The maximum atomic E-state index is 12.1. The lowest BCUT2D eigenvalue weighted by molar-refractivity contribution is 0.102. The molecule has 0 spiro atoms. The number of pyridine rings is 1. The van der Waals surface area contributed by atoms with Crippen molar-refractivity contribution in [1.29, 1.82) is 0 Å². The van der Waals surface area contributed by atoms with Crippen molar-refractivity contribution in [2.45, 2.75) is 0 Å². The summed E-state index contributed by atoms with van der Waals surface area (Å²) in [7, 11) is 0. The van der Waals surface area contributed by atoms with E-state index in [1.54, 1.807) is 18.2 Å². The van der Waals surface area contributed by atoms with Crippen LogP contribution in [-0.4, -0.2) is 10.9 Å². The Morgan fingerprint density at radius 2 is 2.05 bits per heavy atom. The van der Waals surface area contributed by atoms with E-state index in [1.165, 1.54) is 12.3 Å². The average molecular weight is 408 g/mol. The van der Waals surface area contributed by atoms with Gasteiger partial charge in [-0.2, -0.15) is 0 Å². The van der Waals surface area contributed by atoms with Crippen LogP contribution in [0.2, 0.25) is 10.2 Å². The number of benzene rings is 1. The quantitative estimate of drug-likeness (QED) is 0.587. The zero-order chi connectivity index (χ0) is 14.0. The van der Waals surface area contributed by atoms with Crippen molar-refractivity contribution in [3.63, 3.8) is 0 Å². The Labute approximate surface area is 133 Å². The molecule has 19 heavy (non-hydrogen) atoms. The first-order valence-corrected chi connectivity index (χ1v) is 6.98. The zero-order valence-electron chi connectivity index (χ0n) is 9.45. The Morgan fingerprint density at radius 1 is 1.32 bits per heavy atom. The third-order valence-electron chi connectivity index (χ3n) is 2.28. The third-order valence-corrected chi connectivity index (χ3v) is 3.71. The highest BCUT2D eigenvalue weighted by Gasteiger charge is 2.13. The smallest absolute Gasteiger partial charge is 0.258 e. The normalized spacial score (nSPS) is 10.3. The molecule has 98 valence electrons. The number of nitrogens with two attached hydrogens (primary N) is 1. The van der Waals surface area contributed by atoms with Crippen molar-refractivity contribution >= 4 is 63.1 Å². The molecule has 0 aliphatic heterocycles. The first-order chi connectivity index (χ1) is 8.97. The SMILES string of the molecule is Nc1cnc(Cl)c(C(=O)Nc2ccc(Cl)cc2I)c1. The zero-order valence-corrected chi connectivity index (χ0v) is 13.1. The average Bonchev–Trinajstić information content (AvgIpc) is 2.35. The summed E-state index contributed by atoms with van der Waals surface area (Å²) in [5.74, 6) is -0.370. The summed E-state index contributed by atoms with van der Waals surface area (Å²) in [6.07, 6.45) is 1.39. The number of aromatic nitrogens is 1. The lowest BCUT2D eigenvalue weighted by atomic mass is 10.2. The van der Waals surface area contributed by atoms with E-state index in [2.05, 4.69) is 32.9 Å². The Bertz CT molecular complexity index is 649. The lowest BCUT2D eigenvalue weighted by Crippen LogP contribution is -2.14. The standard InChI is InChI=1S/C12H8Cl2IN3O/c13-6-1-2-10(9(15)3-6)18-12(19)8-4-7(16)5-17-11(8)14/h1-5H,16H2,(H,18,19). The first-order valence-electron chi connectivity index (χ1n) is 5.15. The van der Waals surface area contributed by atoms with Gasteiger partial charge in [0, 0.05) is 8.59 Å². The summed E-state index contributed by atoms with van der Waals surface area (Å²) >= 11 is 13.8. The third kappa shape index (κ3) is 3.49. The lowest BCUT2D eigenvalue weighted by Gasteiger charge is -2.09. The van der Waals surface area contributed by atoms with E-state index in [0.29, 0.717) is 16.4 Å². The van der Waals surface area contributed by atoms with Gasteiger partial charge in [-0.05, 0) is 46.9 Å². The summed E-state index contributed by atoms with van der Waals surface area (Å²) in [4.78, 5) is 15.9. The number of hydrogen-bond donors (Lipinski definition) is 2. The van der Waals surface area contributed by atoms with Crippen molar-refractivity contribution in [2.75, 3.05) is 11.1 Å². The molecule has 7 heteroatoms. The molecular weight excluding hydrogens is 400 g/mol. The van der Waals surface area contributed by atoms with Crippen LogP contribution in [0.4, 0.5) is 11.4 Å². The van der Waals surface area contributed by atoms with Crippen LogP contribution in [0.15, 0.2) is 30.5 Å². The van der Waals surface area contributed by atoms with Crippen LogP contribution in [0.1, 0.15) is 10.4 Å². The second kappa shape index (κ2) is 5.94. The topological polar surface area (TPSA) is 68.0 Å². The number of nitrogen functional groups attached to an aromatic ring is 1. The molecule has 1 heterocycles. The summed E-state index contributed by atoms with van der Waals surface area (Å²) in [6.45, 7) is 0. The van der Waals surface area contributed by atoms with Crippen molar-refractivity contribution < 1.29 is 4.79 Å². The molecule has 2 rings (SSSR count). The Balaban J connectivity index is 2.28. The molecule has 2 aromatic rings. The largest absolute Gasteiger partial charge is 0.397 e. The van der Waals surface area contributed by atoms with E-state index < -0.39 is 0 Å². The predicted octanol–water partition coefficient (Wildman–Crippen LogP) is 3.83. The van der Waals surface area contributed by atoms with Gasteiger partial charge in [0.25, 0.3) is 5.91 Å². The maximum absolute atomic E-state index is 12.1. The van der Waals surface area contributed by atoms with Gasteiger partial charge in [0.05, 0.1) is 23.1 Å². The number of carbonyl (C=O) groups is 1. The highest BCUT2D eigenvalue weighted by Crippen LogP contribution is 2.24. The fourth-order valence-electron chi connectivity index (χ4n) is 1.40. The van der Waals surface area contributed by atoms with Gasteiger partial charge in [-0.25, -0.2) is 4.98 Å². The van der Waals surface area contributed by atoms with Crippen molar-refractivity contribution in [2.24, 2.45) is 0 Å². The molecule has 0 bridgehead atoms. The number of carbonyl (C=O) groups excluding carboxylic acids is 1. The van der Waals surface area contributed by atoms with Gasteiger partial charge >= 0.3 is 0 Å². The summed E-state index contributed by atoms with van der Waals surface area (Å²) in [6, 6.07) is 6.64. The number of nitrogens with zero attached hydrogens (tertiary/aromatic N) is 1. The molecule has 1 aromatic carbocycles. The highest BCUT2D eigenvalue weighted by atomic mass is 127. The van der Waals surface area contributed by atoms with Crippen molar-refractivity contribution in [3.8, 4) is 0 Å². The minimum atomic E-state index is -0.370. The molecule has 1 amide bonds. The van der Waals surface area contributed by atoms with Crippen LogP contribution in [0.5, 0.6) is 0 Å². The van der Waals surface area contributed by atoms with Crippen LogP contribution in [0.3, 0.4) is 0 Å². The Morgan fingerprint density at radius 3 is 2.74 bits per heavy atom. The molecule has 0 fully saturated rings. The second-order valence-corrected chi connectivity index (χ2v) is 5.64. The monoisotopic (exact) mass is 407 g/mol. The van der Waals surface area contributed by atoms with E-state index in [1.807, 2.05) is 0 Å². The molecule has 1 aromatic heterocycles. The molecule has 0 radical (unpaired) electrons. The molecule has 0 aliphatic carbocycles.